The molecule has 7 nitrogen and oxygen atoms in total. The Kier molecular flexibility index (Phi) is 6.94. The number of aliphatic carboxylic acids is 1. The van der Waals surface area contributed by atoms with E-state index in [0.29, 0.717) is 18.0 Å². The molecule has 136 valence electrons. The van der Waals surface area contributed by atoms with Crippen LogP contribution < -0.4 is 16.0 Å². The van der Waals surface area contributed by atoms with Crippen LogP contribution in [-0.2, 0) is 16.1 Å². The first-order valence-corrected chi connectivity index (χ1v) is 8.62. The van der Waals surface area contributed by atoms with Crippen LogP contribution in [0.15, 0.2) is 24.3 Å². The van der Waals surface area contributed by atoms with Gasteiger partial charge in [0.05, 0.1) is 6.54 Å². The Morgan fingerprint density at radius 1 is 1.28 bits per heavy atom. The van der Waals surface area contributed by atoms with E-state index in [1.54, 1.807) is 18.2 Å². The van der Waals surface area contributed by atoms with Crippen LogP contribution in [0.25, 0.3) is 0 Å². The van der Waals surface area contributed by atoms with E-state index in [-0.39, 0.29) is 24.9 Å². The van der Waals surface area contributed by atoms with Gasteiger partial charge < -0.3 is 15.7 Å². The van der Waals surface area contributed by atoms with Gasteiger partial charge in [0.15, 0.2) is 0 Å². The monoisotopic (exact) mass is 347 g/mol. The Hall–Kier alpha value is -2.41. The predicted molar refractivity (Wildman–Crippen MR) is 93.1 cm³/mol. The second-order valence-corrected chi connectivity index (χ2v) is 6.29. The highest BCUT2D eigenvalue weighted by Gasteiger charge is 2.23. The molecule has 0 spiro atoms. The molecule has 1 aliphatic carbocycles. The minimum Gasteiger partial charge on any atom is -0.480 e. The highest BCUT2D eigenvalue weighted by atomic mass is 16.4. The second-order valence-electron chi connectivity index (χ2n) is 6.29. The molecule has 0 bridgehead atoms. The summed E-state index contributed by atoms with van der Waals surface area (Å²) in [6.45, 7) is 2.12. The fraction of sp³-hybridized carbons (Fsp3) is 0.500. The minimum absolute atomic E-state index is 0.0567. The average molecular weight is 347 g/mol. The van der Waals surface area contributed by atoms with E-state index in [9.17, 15) is 14.4 Å². The molecule has 1 saturated carbocycles. The molecule has 0 aromatic heterocycles. The third-order valence-corrected chi connectivity index (χ3v) is 3.98. The van der Waals surface area contributed by atoms with Crippen LogP contribution in [0.4, 0.5) is 0 Å². The summed E-state index contributed by atoms with van der Waals surface area (Å²) in [5, 5.41) is 17.4. The van der Waals surface area contributed by atoms with Crippen LogP contribution >= 0.6 is 0 Å². The number of hydrogen-bond acceptors (Lipinski definition) is 4. The van der Waals surface area contributed by atoms with Crippen LogP contribution in [0.3, 0.4) is 0 Å². The lowest BCUT2D eigenvalue weighted by molar-refractivity contribution is -0.139. The summed E-state index contributed by atoms with van der Waals surface area (Å²) < 4.78 is 0. The van der Waals surface area contributed by atoms with Crippen molar-refractivity contribution in [2.75, 3.05) is 6.54 Å². The smallest absolute Gasteiger partial charge is 0.320 e. The molecular weight excluding hydrogens is 322 g/mol. The number of carboxylic acid groups (broad SMARTS) is 1. The van der Waals surface area contributed by atoms with Crippen molar-refractivity contribution in [1.29, 1.82) is 0 Å². The molecule has 4 N–H and O–H groups in total. The lowest BCUT2D eigenvalue weighted by Gasteiger charge is -2.13. The molecule has 1 atom stereocenters. The normalized spacial score (nSPS) is 14.6. The van der Waals surface area contributed by atoms with Crippen molar-refractivity contribution in [3.63, 3.8) is 0 Å². The molecule has 1 aromatic carbocycles. The van der Waals surface area contributed by atoms with Crippen LogP contribution in [-0.4, -0.2) is 41.5 Å². The van der Waals surface area contributed by atoms with Crippen molar-refractivity contribution >= 4 is 17.8 Å². The fourth-order valence-corrected chi connectivity index (χ4v) is 2.40. The zero-order valence-electron chi connectivity index (χ0n) is 14.4. The maximum atomic E-state index is 12.0. The van der Waals surface area contributed by atoms with Crippen molar-refractivity contribution in [3.05, 3.63) is 35.4 Å². The van der Waals surface area contributed by atoms with E-state index < -0.39 is 12.0 Å². The number of benzene rings is 1. The summed E-state index contributed by atoms with van der Waals surface area (Å²) in [5.41, 5.74) is 1.39. The van der Waals surface area contributed by atoms with Crippen LogP contribution in [0.1, 0.15) is 48.5 Å². The molecular formula is C18H25N3O4. The Labute approximate surface area is 147 Å². The molecule has 0 heterocycles. The number of carbonyl (C=O) groups excluding carboxylic acids is 2. The molecule has 1 aliphatic rings. The van der Waals surface area contributed by atoms with Crippen LogP contribution in [0.2, 0.25) is 0 Å². The number of hydrogen-bond donors (Lipinski definition) is 4. The number of carboxylic acids is 1. The molecule has 2 rings (SSSR count). The van der Waals surface area contributed by atoms with Gasteiger partial charge in [-0.25, -0.2) is 0 Å². The molecule has 0 radical (unpaired) electrons. The Morgan fingerprint density at radius 2 is 2.04 bits per heavy atom. The molecule has 1 unspecified atom stereocenters. The lowest BCUT2D eigenvalue weighted by Crippen LogP contribution is -2.42. The Bertz CT molecular complexity index is 629. The third kappa shape index (κ3) is 6.54. The molecule has 25 heavy (non-hydrogen) atoms. The van der Waals surface area contributed by atoms with Gasteiger partial charge in [-0.15, -0.1) is 0 Å². The average Bonchev–Trinajstić information content (AvgIpc) is 3.40. The molecule has 1 aromatic rings. The van der Waals surface area contributed by atoms with Crippen molar-refractivity contribution in [3.8, 4) is 0 Å². The molecule has 0 saturated heterocycles. The SMILES string of the molecule is CCCC(NCC(=O)NCc1cccc(C(=O)NC2CC2)c1)C(=O)O. The van der Waals surface area contributed by atoms with Crippen molar-refractivity contribution in [2.24, 2.45) is 0 Å². The van der Waals surface area contributed by atoms with Gasteiger partial charge >= 0.3 is 5.97 Å². The summed E-state index contributed by atoms with van der Waals surface area (Å²) in [6.07, 6.45) is 3.26. The van der Waals surface area contributed by atoms with E-state index >= 15 is 0 Å². The van der Waals surface area contributed by atoms with E-state index in [1.807, 2.05) is 13.0 Å². The van der Waals surface area contributed by atoms with Gasteiger partial charge in [0.25, 0.3) is 5.91 Å². The molecule has 0 aliphatic heterocycles. The van der Waals surface area contributed by atoms with Gasteiger partial charge in [-0.1, -0.05) is 25.5 Å². The summed E-state index contributed by atoms with van der Waals surface area (Å²) in [5.74, 6) is -1.33. The van der Waals surface area contributed by atoms with Gasteiger partial charge in [0, 0.05) is 18.2 Å². The number of nitrogens with one attached hydrogen (secondary N) is 3. The van der Waals surface area contributed by atoms with E-state index in [1.165, 1.54) is 0 Å². The highest BCUT2D eigenvalue weighted by molar-refractivity contribution is 5.94. The van der Waals surface area contributed by atoms with Gasteiger partial charge in [-0.05, 0) is 37.0 Å². The first-order chi connectivity index (χ1) is 12.0. The first-order valence-electron chi connectivity index (χ1n) is 8.62. The van der Waals surface area contributed by atoms with Gasteiger partial charge in [-0.2, -0.15) is 0 Å². The standard InChI is InChI=1S/C18H25N3O4/c1-2-4-15(18(24)25)19-11-16(22)20-10-12-5-3-6-13(9-12)17(23)21-14-7-8-14/h3,5-6,9,14-15,19H,2,4,7-8,10-11H2,1H3,(H,20,22)(H,21,23)(H,24,25). The van der Waals surface area contributed by atoms with Crippen molar-refractivity contribution < 1.29 is 19.5 Å². The number of rotatable bonds is 10. The quantitative estimate of drug-likeness (QED) is 0.506. The van der Waals surface area contributed by atoms with Crippen LogP contribution in [0, 0.1) is 0 Å². The van der Waals surface area contributed by atoms with Crippen molar-refractivity contribution in [1.82, 2.24) is 16.0 Å². The largest absolute Gasteiger partial charge is 0.480 e. The summed E-state index contributed by atoms with van der Waals surface area (Å²) in [7, 11) is 0. The van der Waals surface area contributed by atoms with Crippen molar-refractivity contribution in [2.45, 2.75) is 51.2 Å². The summed E-state index contributed by atoms with van der Waals surface area (Å²) in [4.78, 5) is 34.9. The Morgan fingerprint density at radius 3 is 2.68 bits per heavy atom. The van der Waals surface area contributed by atoms with E-state index in [2.05, 4.69) is 16.0 Å². The topological polar surface area (TPSA) is 108 Å². The van der Waals surface area contributed by atoms with E-state index in [4.69, 9.17) is 5.11 Å². The molecule has 1 fully saturated rings. The van der Waals surface area contributed by atoms with Crippen LogP contribution in [0.5, 0.6) is 0 Å². The maximum absolute atomic E-state index is 12.0. The minimum atomic E-state index is -0.955. The molecule has 2 amide bonds. The van der Waals surface area contributed by atoms with Gasteiger partial charge in [0.2, 0.25) is 5.91 Å². The molecule has 7 heteroatoms. The lowest BCUT2D eigenvalue weighted by atomic mass is 10.1. The third-order valence-electron chi connectivity index (χ3n) is 3.98. The predicted octanol–water partition coefficient (Wildman–Crippen LogP) is 1.04. The first kappa shape index (κ1) is 18.9. The zero-order chi connectivity index (χ0) is 18.2. The zero-order valence-corrected chi connectivity index (χ0v) is 14.4. The Balaban J connectivity index is 1.78. The fourth-order valence-electron chi connectivity index (χ4n) is 2.40. The second kappa shape index (κ2) is 9.17. The van der Waals surface area contributed by atoms with Gasteiger partial charge in [0.1, 0.15) is 6.04 Å². The summed E-state index contributed by atoms with van der Waals surface area (Å²) in [6, 6.07) is 6.69. The maximum Gasteiger partial charge on any atom is 0.320 e. The number of carbonyl (C=O) groups is 3. The van der Waals surface area contributed by atoms with Gasteiger partial charge in [-0.3, -0.25) is 19.7 Å². The number of amides is 2. The highest BCUT2D eigenvalue weighted by Crippen LogP contribution is 2.19. The summed E-state index contributed by atoms with van der Waals surface area (Å²) >= 11 is 0. The van der Waals surface area contributed by atoms with E-state index in [0.717, 1.165) is 24.8 Å².